The number of carboxylic acid groups (broad SMARTS) is 1. The summed E-state index contributed by atoms with van der Waals surface area (Å²) in [6.45, 7) is 0. The standard InChI is InChI=1S/C7H8O2S/c8-7(9)5-3-1-2-4-6(5)10/h1-6,10H,(H,8,9). The van der Waals surface area contributed by atoms with Crippen LogP contribution < -0.4 is 0 Å². The molecule has 0 radical (unpaired) electrons. The van der Waals surface area contributed by atoms with Crippen molar-refractivity contribution >= 4 is 18.6 Å². The number of hydrogen-bond donors (Lipinski definition) is 2. The third-order valence-corrected chi connectivity index (χ3v) is 1.88. The van der Waals surface area contributed by atoms with Crippen LogP contribution in [0.5, 0.6) is 0 Å². The van der Waals surface area contributed by atoms with Crippen molar-refractivity contribution in [1.82, 2.24) is 0 Å². The molecule has 0 bridgehead atoms. The van der Waals surface area contributed by atoms with Gasteiger partial charge in [0.1, 0.15) is 0 Å². The van der Waals surface area contributed by atoms with Gasteiger partial charge in [-0.15, -0.1) is 0 Å². The fourth-order valence-corrected chi connectivity index (χ4v) is 1.15. The summed E-state index contributed by atoms with van der Waals surface area (Å²) in [5, 5.41) is 8.40. The monoisotopic (exact) mass is 156 g/mol. The van der Waals surface area contributed by atoms with Crippen molar-refractivity contribution in [3.05, 3.63) is 24.3 Å². The van der Waals surface area contributed by atoms with Crippen LogP contribution in [0.25, 0.3) is 0 Å². The summed E-state index contributed by atoms with van der Waals surface area (Å²) in [5.74, 6) is -1.28. The summed E-state index contributed by atoms with van der Waals surface area (Å²) < 4.78 is 0. The molecule has 0 amide bonds. The highest BCUT2D eigenvalue weighted by Crippen LogP contribution is 2.17. The van der Waals surface area contributed by atoms with Gasteiger partial charge < -0.3 is 5.11 Å². The Hall–Kier alpha value is -0.700. The van der Waals surface area contributed by atoms with E-state index in [-0.39, 0.29) is 5.25 Å². The van der Waals surface area contributed by atoms with Crippen molar-refractivity contribution in [1.29, 1.82) is 0 Å². The molecule has 1 N–H and O–H groups in total. The minimum absolute atomic E-state index is 0.178. The zero-order valence-electron chi connectivity index (χ0n) is 5.27. The summed E-state index contributed by atoms with van der Waals surface area (Å²) in [4.78, 5) is 10.4. The fraction of sp³-hybridized carbons (Fsp3) is 0.286. The Morgan fingerprint density at radius 3 is 2.40 bits per heavy atom. The van der Waals surface area contributed by atoms with E-state index in [1.807, 2.05) is 0 Å². The van der Waals surface area contributed by atoms with Crippen LogP contribution in [0.2, 0.25) is 0 Å². The summed E-state index contributed by atoms with van der Waals surface area (Å²) in [6, 6.07) is 0. The molecule has 1 aliphatic rings. The third-order valence-electron chi connectivity index (χ3n) is 1.39. The quantitative estimate of drug-likeness (QED) is 0.558. The van der Waals surface area contributed by atoms with Crippen LogP contribution in [0.3, 0.4) is 0 Å². The van der Waals surface area contributed by atoms with Crippen LogP contribution in [0.4, 0.5) is 0 Å². The van der Waals surface area contributed by atoms with E-state index in [0.717, 1.165) is 0 Å². The second-order valence-corrected chi connectivity index (χ2v) is 2.72. The number of hydrogen-bond acceptors (Lipinski definition) is 2. The molecule has 0 aromatic carbocycles. The van der Waals surface area contributed by atoms with E-state index in [1.165, 1.54) is 0 Å². The fourth-order valence-electron chi connectivity index (χ4n) is 0.824. The van der Waals surface area contributed by atoms with Gasteiger partial charge in [0.25, 0.3) is 0 Å². The van der Waals surface area contributed by atoms with Gasteiger partial charge in [0.2, 0.25) is 0 Å². The van der Waals surface area contributed by atoms with Gasteiger partial charge in [-0.05, 0) is 0 Å². The molecule has 0 aromatic heterocycles. The highest BCUT2D eigenvalue weighted by molar-refractivity contribution is 7.81. The number of carbonyl (C=O) groups is 1. The Bertz CT molecular complexity index is 196. The smallest absolute Gasteiger partial charge is 0.311 e. The van der Waals surface area contributed by atoms with E-state index in [4.69, 9.17) is 5.11 Å². The molecular formula is C7H8O2S. The Morgan fingerprint density at radius 2 is 2.00 bits per heavy atom. The third kappa shape index (κ3) is 1.42. The zero-order chi connectivity index (χ0) is 7.56. The summed E-state index contributed by atoms with van der Waals surface area (Å²) in [7, 11) is 0. The molecule has 0 aromatic rings. The Kier molecular flexibility index (Phi) is 2.17. The normalized spacial score (nSPS) is 30.5. The summed E-state index contributed by atoms with van der Waals surface area (Å²) in [5.41, 5.74) is 0. The zero-order valence-corrected chi connectivity index (χ0v) is 6.16. The highest BCUT2D eigenvalue weighted by atomic mass is 32.1. The van der Waals surface area contributed by atoms with E-state index < -0.39 is 11.9 Å². The lowest BCUT2D eigenvalue weighted by molar-refractivity contribution is -0.139. The molecule has 0 saturated carbocycles. The Labute approximate surface area is 64.7 Å². The van der Waals surface area contributed by atoms with Crippen molar-refractivity contribution in [3.8, 4) is 0 Å². The molecule has 3 heteroatoms. The number of allylic oxidation sites excluding steroid dienone is 2. The molecule has 54 valence electrons. The molecule has 0 spiro atoms. The van der Waals surface area contributed by atoms with Gasteiger partial charge >= 0.3 is 5.97 Å². The lowest BCUT2D eigenvalue weighted by Crippen LogP contribution is -2.21. The summed E-state index contributed by atoms with van der Waals surface area (Å²) in [6.07, 6.45) is 6.94. The lowest BCUT2D eigenvalue weighted by Gasteiger charge is -2.13. The molecule has 2 unspecified atom stereocenters. The molecule has 10 heavy (non-hydrogen) atoms. The number of thiol groups is 1. The van der Waals surface area contributed by atoms with E-state index in [1.54, 1.807) is 24.3 Å². The van der Waals surface area contributed by atoms with Gasteiger partial charge in [-0.2, -0.15) is 12.6 Å². The first-order valence-electron chi connectivity index (χ1n) is 2.97. The molecule has 0 fully saturated rings. The second-order valence-electron chi connectivity index (χ2n) is 2.12. The van der Waals surface area contributed by atoms with Crippen molar-refractivity contribution in [2.45, 2.75) is 5.25 Å². The van der Waals surface area contributed by atoms with Gasteiger partial charge in [-0.3, -0.25) is 4.79 Å². The predicted octanol–water partition coefficient (Wildman–Crippen LogP) is 1.11. The van der Waals surface area contributed by atoms with E-state index >= 15 is 0 Å². The predicted molar refractivity (Wildman–Crippen MR) is 42.2 cm³/mol. The van der Waals surface area contributed by atoms with E-state index in [0.29, 0.717) is 0 Å². The van der Waals surface area contributed by atoms with Gasteiger partial charge in [0.15, 0.2) is 0 Å². The Morgan fingerprint density at radius 1 is 1.40 bits per heavy atom. The van der Waals surface area contributed by atoms with Crippen LogP contribution in [-0.4, -0.2) is 16.3 Å². The molecule has 0 saturated heterocycles. The summed E-state index contributed by atoms with van der Waals surface area (Å²) >= 11 is 4.08. The van der Waals surface area contributed by atoms with Crippen LogP contribution in [-0.2, 0) is 4.79 Å². The first kappa shape index (κ1) is 7.41. The topological polar surface area (TPSA) is 37.3 Å². The van der Waals surface area contributed by atoms with Crippen molar-refractivity contribution < 1.29 is 9.90 Å². The molecule has 1 aliphatic carbocycles. The first-order chi connectivity index (χ1) is 4.72. The lowest BCUT2D eigenvalue weighted by atomic mass is 10.0. The minimum Gasteiger partial charge on any atom is -0.481 e. The number of rotatable bonds is 1. The van der Waals surface area contributed by atoms with Gasteiger partial charge in [0.05, 0.1) is 5.92 Å². The van der Waals surface area contributed by atoms with Gasteiger partial charge in [0, 0.05) is 5.25 Å². The van der Waals surface area contributed by atoms with Gasteiger partial charge in [-0.1, -0.05) is 24.3 Å². The maximum atomic E-state index is 10.4. The van der Waals surface area contributed by atoms with E-state index in [2.05, 4.69) is 12.6 Å². The largest absolute Gasteiger partial charge is 0.481 e. The number of aliphatic carboxylic acids is 1. The molecule has 2 atom stereocenters. The second kappa shape index (κ2) is 2.92. The van der Waals surface area contributed by atoms with E-state index in [9.17, 15) is 4.79 Å². The van der Waals surface area contributed by atoms with Crippen molar-refractivity contribution in [2.24, 2.45) is 5.92 Å². The average Bonchev–Trinajstić information content (AvgIpc) is 1.88. The minimum atomic E-state index is -0.819. The highest BCUT2D eigenvalue weighted by Gasteiger charge is 2.21. The molecule has 0 aliphatic heterocycles. The molecule has 2 nitrogen and oxygen atoms in total. The van der Waals surface area contributed by atoms with Crippen LogP contribution in [0.1, 0.15) is 0 Å². The van der Waals surface area contributed by atoms with Gasteiger partial charge in [-0.25, -0.2) is 0 Å². The van der Waals surface area contributed by atoms with Crippen LogP contribution in [0, 0.1) is 5.92 Å². The molecule has 0 heterocycles. The van der Waals surface area contributed by atoms with Crippen molar-refractivity contribution in [2.75, 3.05) is 0 Å². The van der Waals surface area contributed by atoms with Crippen LogP contribution >= 0.6 is 12.6 Å². The maximum Gasteiger partial charge on any atom is 0.311 e. The molecular weight excluding hydrogens is 148 g/mol. The molecule has 1 rings (SSSR count). The SMILES string of the molecule is O=C(O)C1C=CC=CC1S. The average molecular weight is 156 g/mol. The Balaban J connectivity index is 2.70. The maximum absolute atomic E-state index is 10.4. The van der Waals surface area contributed by atoms with Crippen LogP contribution in [0.15, 0.2) is 24.3 Å². The number of carboxylic acids is 1. The van der Waals surface area contributed by atoms with Crippen molar-refractivity contribution in [3.63, 3.8) is 0 Å². The first-order valence-corrected chi connectivity index (χ1v) is 3.49.